The van der Waals surface area contributed by atoms with Crippen LogP contribution in [0.3, 0.4) is 0 Å². The molecule has 1 aliphatic rings. The summed E-state index contributed by atoms with van der Waals surface area (Å²) >= 11 is 0. The minimum Gasteiger partial charge on any atom is -0.324 e. The summed E-state index contributed by atoms with van der Waals surface area (Å²) in [4.78, 5) is 26.0. The number of anilines is 2. The number of carbonyl (C=O) groups is 2. The number of nitrogens with zero attached hydrogens (tertiary/aromatic N) is 3. The van der Waals surface area contributed by atoms with Crippen molar-refractivity contribution in [3.63, 3.8) is 0 Å². The number of aryl methyl sites for hydroxylation is 1. The summed E-state index contributed by atoms with van der Waals surface area (Å²) in [6, 6.07) is 9.18. The van der Waals surface area contributed by atoms with Crippen molar-refractivity contribution in [2.24, 2.45) is 0 Å². The second-order valence-corrected chi connectivity index (χ2v) is 5.21. The maximum atomic E-state index is 12.6. The molecule has 2 amide bonds. The van der Waals surface area contributed by atoms with Crippen molar-refractivity contribution in [2.75, 3.05) is 16.8 Å². The third kappa shape index (κ3) is 3.15. The Kier molecular flexibility index (Phi) is 4.23. The first-order chi connectivity index (χ1) is 11.2. The van der Waals surface area contributed by atoms with Crippen LogP contribution in [0, 0.1) is 0 Å². The summed E-state index contributed by atoms with van der Waals surface area (Å²) in [6.07, 6.45) is 5.26. The maximum absolute atomic E-state index is 12.6. The van der Waals surface area contributed by atoms with Gasteiger partial charge >= 0.3 is 0 Å². The molecule has 0 fully saturated rings. The molecule has 0 spiro atoms. The Morgan fingerprint density at radius 2 is 2.17 bits per heavy atom. The third-order valence-electron chi connectivity index (χ3n) is 3.74. The molecular formula is C17H18N4O2. The van der Waals surface area contributed by atoms with E-state index in [-0.39, 0.29) is 18.2 Å². The summed E-state index contributed by atoms with van der Waals surface area (Å²) in [5, 5.41) is 7.00. The standard InChI is InChI=1S/C17H18N4O2/c1-2-21-13(9-11-18-21)7-8-17(23)20-12-10-16(22)19-14-5-3-4-6-15(14)20/h3-9,11H,2,10,12H2,1H3,(H,19,22)/b8-7+. The van der Waals surface area contributed by atoms with Crippen LogP contribution in [0.25, 0.3) is 6.08 Å². The molecule has 0 unspecified atom stereocenters. The highest BCUT2D eigenvalue weighted by atomic mass is 16.2. The van der Waals surface area contributed by atoms with E-state index in [1.807, 2.05) is 35.9 Å². The lowest BCUT2D eigenvalue weighted by Gasteiger charge is -2.20. The molecule has 2 aromatic rings. The van der Waals surface area contributed by atoms with Gasteiger partial charge in [0.05, 0.1) is 17.1 Å². The van der Waals surface area contributed by atoms with Gasteiger partial charge in [0.15, 0.2) is 0 Å². The zero-order valence-electron chi connectivity index (χ0n) is 12.9. The van der Waals surface area contributed by atoms with Crippen LogP contribution >= 0.6 is 0 Å². The number of para-hydroxylation sites is 2. The average molecular weight is 310 g/mol. The van der Waals surface area contributed by atoms with Gasteiger partial charge in [-0.15, -0.1) is 0 Å². The normalized spacial score (nSPS) is 14.5. The van der Waals surface area contributed by atoms with Crippen molar-refractivity contribution in [1.29, 1.82) is 0 Å². The Labute approximate surface area is 134 Å². The van der Waals surface area contributed by atoms with E-state index >= 15 is 0 Å². The lowest BCUT2D eigenvalue weighted by molar-refractivity contribution is -0.116. The Hall–Kier alpha value is -2.89. The van der Waals surface area contributed by atoms with Gasteiger partial charge in [0, 0.05) is 31.8 Å². The van der Waals surface area contributed by atoms with Crippen molar-refractivity contribution in [3.05, 3.63) is 48.3 Å². The predicted octanol–water partition coefficient (Wildman–Crippen LogP) is 2.29. The Bertz CT molecular complexity index is 763. The summed E-state index contributed by atoms with van der Waals surface area (Å²) in [6.45, 7) is 3.10. The van der Waals surface area contributed by atoms with Gasteiger partial charge in [-0.25, -0.2) is 0 Å². The number of hydrogen-bond donors (Lipinski definition) is 1. The molecule has 0 aliphatic carbocycles. The van der Waals surface area contributed by atoms with Crippen LogP contribution in [0.1, 0.15) is 19.0 Å². The highest BCUT2D eigenvalue weighted by molar-refractivity contribution is 6.08. The molecule has 23 heavy (non-hydrogen) atoms. The SMILES string of the molecule is CCn1nccc1/C=C/C(=O)N1CCC(=O)Nc2ccccc21. The summed E-state index contributed by atoms with van der Waals surface area (Å²) < 4.78 is 1.81. The number of hydrogen-bond acceptors (Lipinski definition) is 3. The van der Waals surface area contributed by atoms with E-state index < -0.39 is 0 Å². The molecule has 6 nitrogen and oxygen atoms in total. The van der Waals surface area contributed by atoms with Gasteiger partial charge in [-0.3, -0.25) is 14.3 Å². The lowest BCUT2D eigenvalue weighted by atomic mass is 10.2. The van der Waals surface area contributed by atoms with Gasteiger partial charge in [0.25, 0.3) is 5.91 Å². The highest BCUT2D eigenvalue weighted by Gasteiger charge is 2.22. The molecular weight excluding hydrogens is 292 g/mol. The van der Waals surface area contributed by atoms with E-state index in [0.717, 1.165) is 17.9 Å². The quantitative estimate of drug-likeness (QED) is 0.885. The predicted molar refractivity (Wildman–Crippen MR) is 89.0 cm³/mol. The number of fused-ring (bicyclic) bond motifs is 1. The van der Waals surface area contributed by atoms with Gasteiger partial charge in [-0.2, -0.15) is 5.10 Å². The lowest BCUT2D eigenvalue weighted by Crippen LogP contribution is -2.30. The highest BCUT2D eigenvalue weighted by Crippen LogP contribution is 2.28. The zero-order valence-corrected chi connectivity index (χ0v) is 12.9. The van der Waals surface area contributed by atoms with Crippen LogP contribution in [0.15, 0.2) is 42.6 Å². The van der Waals surface area contributed by atoms with E-state index in [1.54, 1.807) is 23.2 Å². The largest absolute Gasteiger partial charge is 0.324 e. The molecule has 2 heterocycles. The molecule has 0 saturated carbocycles. The maximum Gasteiger partial charge on any atom is 0.251 e. The minimum atomic E-state index is -0.155. The first-order valence-electron chi connectivity index (χ1n) is 7.59. The smallest absolute Gasteiger partial charge is 0.251 e. The van der Waals surface area contributed by atoms with Gasteiger partial charge in [-0.05, 0) is 31.2 Å². The van der Waals surface area contributed by atoms with Crippen molar-refractivity contribution < 1.29 is 9.59 Å². The summed E-state index contributed by atoms with van der Waals surface area (Å²) in [5.74, 6) is -0.237. The Morgan fingerprint density at radius 3 is 3.00 bits per heavy atom. The van der Waals surface area contributed by atoms with Crippen molar-refractivity contribution in [3.8, 4) is 0 Å². The fraction of sp³-hybridized carbons (Fsp3) is 0.235. The third-order valence-corrected chi connectivity index (χ3v) is 3.74. The Balaban J connectivity index is 1.86. The Morgan fingerprint density at radius 1 is 1.35 bits per heavy atom. The van der Waals surface area contributed by atoms with Gasteiger partial charge in [-0.1, -0.05) is 12.1 Å². The van der Waals surface area contributed by atoms with Crippen LogP contribution in [0.2, 0.25) is 0 Å². The number of nitrogens with one attached hydrogen (secondary N) is 1. The van der Waals surface area contributed by atoms with Crippen molar-refractivity contribution in [2.45, 2.75) is 19.9 Å². The average Bonchev–Trinajstić information content (AvgIpc) is 2.94. The van der Waals surface area contributed by atoms with E-state index in [4.69, 9.17) is 0 Å². The fourth-order valence-corrected chi connectivity index (χ4v) is 2.59. The second kappa shape index (κ2) is 6.48. The number of rotatable bonds is 3. The first-order valence-corrected chi connectivity index (χ1v) is 7.59. The fourth-order valence-electron chi connectivity index (χ4n) is 2.59. The van der Waals surface area contributed by atoms with Gasteiger partial charge in [0.2, 0.25) is 5.91 Å². The van der Waals surface area contributed by atoms with E-state index in [9.17, 15) is 9.59 Å². The molecule has 0 atom stereocenters. The van der Waals surface area contributed by atoms with E-state index in [0.29, 0.717) is 12.2 Å². The second-order valence-electron chi connectivity index (χ2n) is 5.21. The molecule has 1 aromatic heterocycles. The van der Waals surface area contributed by atoms with Crippen molar-refractivity contribution in [1.82, 2.24) is 9.78 Å². The molecule has 0 bridgehead atoms. The zero-order chi connectivity index (χ0) is 16.2. The van der Waals surface area contributed by atoms with Crippen molar-refractivity contribution >= 4 is 29.3 Å². The molecule has 118 valence electrons. The summed E-state index contributed by atoms with van der Waals surface area (Å²) in [7, 11) is 0. The molecule has 0 saturated heterocycles. The van der Waals surface area contributed by atoms with Crippen LogP contribution < -0.4 is 10.2 Å². The minimum absolute atomic E-state index is 0.0826. The number of benzene rings is 1. The summed E-state index contributed by atoms with van der Waals surface area (Å²) in [5.41, 5.74) is 2.26. The number of amides is 2. The van der Waals surface area contributed by atoms with E-state index in [2.05, 4.69) is 10.4 Å². The van der Waals surface area contributed by atoms with E-state index in [1.165, 1.54) is 6.08 Å². The van der Waals surface area contributed by atoms with Gasteiger partial charge < -0.3 is 10.2 Å². The van der Waals surface area contributed by atoms with Gasteiger partial charge in [0.1, 0.15) is 0 Å². The number of carbonyl (C=O) groups excluding carboxylic acids is 2. The molecule has 0 radical (unpaired) electrons. The van der Waals surface area contributed by atoms with Crippen LogP contribution in [-0.4, -0.2) is 28.1 Å². The van der Waals surface area contributed by atoms with Crippen LogP contribution in [0.5, 0.6) is 0 Å². The first kappa shape index (κ1) is 15.0. The molecule has 1 aromatic carbocycles. The molecule has 6 heteroatoms. The number of aromatic nitrogens is 2. The topological polar surface area (TPSA) is 67.2 Å². The van der Waals surface area contributed by atoms with Crippen LogP contribution in [0.4, 0.5) is 11.4 Å². The molecule has 1 N–H and O–H groups in total. The molecule has 3 rings (SSSR count). The monoisotopic (exact) mass is 310 g/mol. The molecule has 1 aliphatic heterocycles. The van der Waals surface area contributed by atoms with Crippen LogP contribution in [-0.2, 0) is 16.1 Å².